The van der Waals surface area contributed by atoms with Gasteiger partial charge in [0.15, 0.2) is 0 Å². The number of hydrogen-bond acceptors (Lipinski definition) is 6. The first-order valence-electron chi connectivity index (χ1n) is 5.76. The van der Waals surface area contributed by atoms with E-state index < -0.39 is 0 Å². The van der Waals surface area contributed by atoms with E-state index in [1.807, 2.05) is 6.92 Å². The maximum Gasteiger partial charge on any atom is 0.281 e. The van der Waals surface area contributed by atoms with Crippen LogP contribution >= 0.6 is 11.8 Å². The fraction of sp³-hybridized carbons (Fsp3) is 0.250. The highest BCUT2D eigenvalue weighted by atomic mass is 32.2. The standard InChI is InChI=1S/C12H14N4O2S/c1-3-14-11(17)8-4-5-9(13)10(6-8)19-12-16-15-7(2)18-12/h4-6H,3,13H2,1-2H3,(H,14,17). The highest BCUT2D eigenvalue weighted by Gasteiger charge is 2.11. The molecule has 0 aliphatic rings. The topological polar surface area (TPSA) is 94.0 Å². The predicted molar refractivity (Wildman–Crippen MR) is 72.0 cm³/mol. The zero-order chi connectivity index (χ0) is 13.8. The zero-order valence-corrected chi connectivity index (χ0v) is 11.5. The predicted octanol–water partition coefficient (Wildman–Crippen LogP) is 1.86. The van der Waals surface area contributed by atoms with Crippen molar-refractivity contribution in [2.75, 3.05) is 12.3 Å². The van der Waals surface area contributed by atoms with Crippen LogP contribution in [0.15, 0.2) is 32.7 Å². The van der Waals surface area contributed by atoms with Crippen LogP contribution in [0.4, 0.5) is 5.69 Å². The largest absolute Gasteiger partial charge is 0.416 e. The minimum absolute atomic E-state index is 0.133. The first-order chi connectivity index (χ1) is 9.10. The summed E-state index contributed by atoms with van der Waals surface area (Å²) in [6, 6.07) is 5.09. The van der Waals surface area contributed by atoms with E-state index in [9.17, 15) is 4.79 Å². The number of benzene rings is 1. The van der Waals surface area contributed by atoms with E-state index in [1.54, 1.807) is 25.1 Å². The summed E-state index contributed by atoms with van der Waals surface area (Å²) in [4.78, 5) is 12.5. The third-order valence-corrected chi connectivity index (χ3v) is 3.23. The summed E-state index contributed by atoms with van der Waals surface area (Å²) in [6.45, 7) is 4.16. The summed E-state index contributed by atoms with van der Waals surface area (Å²) in [5.41, 5.74) is 6.99. The number of carbonyl (C=O) groups excluding carboxylic acids is 1. The Morgan fingerprint density at radius 2 is 2.26 bits per heavy atom. The van der Waals surface area contributed by atoms with Crippen molar-refractivity contribution in [2.24, 2.45) is 0 Å². The quantitative estimate of drug-likeness (QED) is 0.829. The number of rotatable bonds is 4. The fourth-order valence-corrected chi connectivity index (χ4v) is 2.24. The molecule has 2 rings (SSSR count). The van der Waals surface area contributed by atoms with Crippen LogP contribution in [-0.2, 0) is 0 Å². The summed E-state index contributed by atoms with van der Waals surface area (Å²) in [6.07, 6.45) is 0. The molecular weight excluding hydrogens is 264 g/mol. The van der Waals surface area contributed by atoms with Gasteiger partial charge in [-0.2, -0.15) is 0 Å². The molecule has 6 nitrogen and oxygen atoms in total. The lowest BCUT2D eigenvalue weighted by molar-refractivity contribution is 0.0955. The Labute approximate surface area is 114 Å². The number of nitrogens with one attached hydrogen (secondary N) is 1. The fourth-order valence-electron chi connectivity index (χ4n) is 1.44. The number of carbonyl (C=O) groups is 1. The average Bonchev–Trinajstić information content (AvgIpc) is 2.78. The molecule has 1 aromatic heterocycles. The van der Waals surface area contributed by atoms with Gasteiger partial charge in [0.1, 0.15) is 0 Å². The molecule has 0 aliphatic carbocycles. The van der Waals surface area contributed by atoms with Crippen molar-refractivity contribution < 1.29 is 9.21 Å². The molecule has 0 saturated heterocycles. The number of anilines is 1. The summed E-state index contributed by atoms with van der Waals surface area (Å²) in [5.74, 6) is 0.354. The van der Waals surface area contributed by atoms with E-state index in [-0.39, 0.29) is 5.91 Å². The number of nitrogens with two attached hydrogens (primary N) is 1. The molecule has 0 spiro atoms. The van der Waals surface area contributed by atoms with Crippen LogP contribution in [0, 0.1) is 6.92 Å². The summed E-state index contributed by atoms with van der Waals surface area (Å²) in [7, 11) is 0. The van der Waals surface area contributed by atoms with Crippen LogP contribution in [-0.4, -0.2) is 22.6 Å². The Balaban J connectivity index is 2.24. The second-order valence-corrected chi connectivity index (χ2v) is 4.79. The molecule has 0 atom stereocenters. The van der Waals surface area contributed by atoms with Crippen molar-refractivity contribution in [2.45, 2.75) is 24.0 Å². The van der Waals surface area contributed by atoms with Crippen molar-refractivity contribution in [3.8, 4) is 0 Å². The van der Waals surface area contributed by atoms with Gasteiger partial charge in [0.25, 0.3) is 11.1 Å². The molecule has 19 heavy (non-hydrogen) atoms. The highest BCUT2D eigenvalue weighted by Crippen LogP contribution is 2.31. The molecule has 1 amide bonds. The Hall–Kier alpha value is -2.02. The van der Waals surface area contributed by atoms with Crippen LogP contribution in [0.25, 0.3) is 0 Å². The maximum atomic E-state index is 11.8. The molecule has 1 heterocycles. The molecule has 0 bridgehead atoms. The number of amides is 1. The number of nitrogen functional groups attached to an aromatic ring is 1. The minimum atomic E-state index is -0.133. The second-order valence-electron chi connectivity index (χ2n) is 3.80. The van der Waals surface area contributed by atoms with Crippen molar-refractivity contribution in [3.05, 3.63) is 29.7 Å². The molecule has 0 unspecified atom stereocenters. The van der Waals surface area contributed by atoms with E-state index in [2.05, 4.69) is 15.5 Å². The smallest absolute Gasteiger partial charge is 0.281 e. The minimum Gasteiger partial charge on any atom is -0.416 e. The Kier molecular flexibility index (Phi) is 4.06. The van der Waals surface area contributed by atoms with Gasteiger partial charge in [0.2, 0.25) is 5.89 Å². The summed E-state index contributed by atoms with van der Waals surface area (Å²) >= 11 is 1.24. The van der Waals surface area contributed by atoms with Crippen LogP contribution in [0.3, 0.4) is 0 Å². The Bertz CT molecular complexity index is 597. The lowest BCUT2D eigenvalue weighted by atomic mass is 10.2. The van der Waals surface area contributed by atoms with Crippen molar-refractivity contribution >= 4 is 23.4 Å². The van der Waals surface area contributed by atoms with E-state index in [0.717, 1.165) is 0 Å². The van der Waals surface area contributed by atoms with Gasteiger partial charge < -0.3 is 15.5 Å². The van der Waals surface area contributed by atoms with Crippen LogP contribution in [0.5, 0.6) is 0 Å². The average molecular weight is 278 g/mol. The van der Waals surface area contributed by atoms with Crippen LogP contribution in [0.2, 0.25) is 0 Å². The third-order valence-electron chi connectivity index (χ3n) is 2.32. The molecule has 7 heteroatoms. The van der Waals surface area contributed by atoms with E-state index >= 15 is 0 Å². The van der Waals surface area contributed by atoms with Gasteiger partial charge in [0, 0.05) is 29.6 Å². The zero-order valence-electron chi connectivity index (χ0n) is 10.6. The van der Waals surface area contributed by atoms with Crippen LogP contribution < -0.4 is 11.1 Å². The molecule has 3 N–H and O–H groups in total. The normalized spacial score (nSPS) is 10.4. The molecule has 1 aromatic carbocycles. The van der Waals surface area contributed by atoms with Crippen molar-refractivity contribution in [1.29, 1.82) is 0 Å². The van der Waals surface area contributed by atoms with Gasteiger partial charge in [-0.05, 0) is 36.9 Å². The number of hydrogen-bond donors (Lipinski definition) is 2. The first-order valence-corrected chi connectivity index (χ1v) is 6.57. The summed E-state index contributed by atoms with van der Waals surface area (Å²) in [5, 5.41) is 10.8. The van der Waals surface area contributed by atoms with Gasteiger partial charge in [-0.25, -0.2) is 0 Å². The monoisotopic (exact) mass is 278 g/mol. The first kappa shape index (κ1) is 13.4. The van der Waals surface area contributed by atoms with Gasteiger partial charge in [0.05, 0.1) is 0 Å². The Morgan fingerprint density at radius 1 is 1.47 bits per heavy atom. The lowest BCUT2D eigenvalue weighted by Gasteiger charge is -2.06. The second kappa shape index (κ2) is 5.75. The molecule has 0 saturated carbocycles. The highest BCUT2D eigenvalue weighted by molar-refractivity contribution is 7.99. The number of aromatic nitrogens is 2. The molecule has 100 valence electrons. The van der Waals surface area contributed by atoms with Gasteiger partial charge in [-0.1, -0.05) is 0 Å². The SMILES string of the molecule is CCNC(=O)c1ccc(N)c(Sc2nnc(C)o2)c1. The molecular formula is C12H14N4O2S. The lowest BCUT2D eigenvalue weighted by Crippen LogP contribution is -2.22. The number of aryl methyl sites for hydroxylation is 1. The molecule has 0 fully saturated rings. The van der Waals surface area contributed by atoms with Gasteiger partial charge >= 0.3 is 0 Å². The number of nitrogens with zero attached hydrogens (tertiary/aromatic N) is 2. The van der Waals surface area contributed by atoms with Gasteiger partial charge in [-0.15, -0.1) is 10.2 Å². The van der Waals surface area contributed by atoms with Crippen LogP contribution in [0.1, 0.15) is 23.2 Å². The Morgan fingerprint density at radius 3 is 2.89 bits per heavy atom. The molecule has 2 aromatic rings. The molecule has 0 aliphatic heterocycles. The maximum absolute atomic E-state index is 11.8. The van der Waals surface area contributed by atoms with E-state index in [4.69, 9.17) is 10.2 Å². The van der Waals surface area contributed by atoms with Gasteiger partial charge in [-0.3, -0.25) is 4.79 Å². The third kappa shape index (κ3) is 3.25. The van der Waals surface area contributed by atoms with Crippen molar-refractivity contribution in [1.82, 2.24) is 15.5 Å². The van der Waals surface area contributed by atoms with E-state index in [0.29, 0.717) is 33.8 Å². The van der Waals surface area contributed by atoms with E-state index in [1.165, 1.54) is 11.8 Å². The molecule has 0 radical (unpaired) electrons. The summed E-state index contributed by atoms with van der Waals surface area (Å²) < 4.78 is 5.27. The van der Waals surface area contributed by atoms with Crippen molar-refractivity contribution in [3.63, 3.8) is 0 Å².